The van der Waals surface area contributed by atoms with Crippen molar-refractivity contribution >= 4 is 23.4 Å². The number of imide groups is 1. The molecule has 3 amide bonds. The lowest BCUT2D eigenvalue weighted by Crippen LogP contribution is -2.60. The van der Waals surface area contributed by atoms with Gasteiger partial charge in [0, 0.05) is 61.5 Å². The smallest absolute Gasteiger partial charge is 0.255 e. The Balaban J connectivity index is 1.04. The highest BCUT2D eigenvalue weighted by Gasteiger charge is 2.45. The number of carbonyl (C=O) groups excluding carboxylic acids is 3. The Morgan fingerprint density at radius 3 is 2.61 bits per heavy atom. The van der Waals surface area contributed by atoms with Gasteiger partial charge < -0.3 is 14.5 Å². The number of aromatic nitrogens is 1. The van der Waals surface area contributed by atoms with Crippen molar-refractivity contribution < 1.29 is 19.1 Å². The number of likely N-dealkylation sites (tertiary alicyclic amines) is 1. The number of methoxy groups -OCH3 is 1. The minimum absolute atomic E-state index is 0.120. The normalized spacial score (nSPS) is 23.5. The molecule has 1 aromatic carbocycles. The highest BCUT2D eigenvalue weighted by atomic mass is 16.5. The topological polar surface area (TPSA) is 95.1 Å². The van der Waals surface area contributed by atoms with E-state index in [9.17, 15) is 14.4 Å². The maximum Gasteiger partial charge on any atom is 0.255 e. The van der Waals surface area contributed by atoms with Crippen LogP contribution in [0.15, 0.2) is 36.5 Å². The second-order valence-electron chi connectivity index (χ2n) is 10.6. The van der Waals surface area contributed by atoms with Crippen molar-refractivity contribution in [2.75, 3.05) is 38.2 Å². The largest absolute Gasteiger partial charge is 0.481 e. The number of nitrogens with one attached hydrogen (secondary N) is 1. The van der Waals surface area contributed by atoms with Crippen LogP contribution in [-0.2, 0) is 22.7 Å². The summed E-state index contributed by atoms with van der Waals surface area (Å²) in [7, 11) is 1.63. The summed E-state index contributed by atoms with van der Waals surface area (Å²) in [5, 5.41) is 2.36. The van der Waals surface area contributed by atoms with Crippen molar-refractivity contribution in [3.63, 3.8) is 0 Å². The number of fused-ring (bicyclic) bond motifs is 1. The molecule has 188 valence electrons. The first-order valence-electron chi connectivity index (χ1n) is 12.7. The Hall–Kier alpha value is -3.46. The zero-order chi connectivity index (χ0) is 24.9. The van der Waals surface area contributed by atoms with Gasteiger partial charge in [0.25, 0.3) is 5.91 Å². The number of benzene rings is 1. The van der Waals surface area contributed by atoms with E-state index in [1.54, 1.807) is 12.0 Å². The van der Waals surface area contributed by atoms with Gasteiger partial charge in [-0.05, 0) is 61.7 Å². The van der Waals surface area contributed by atoms with Crippen LogP contribution in [0.1, 0.15) is 47.2 Å². The minimum atomic E-state index is -0.572. The monoisotopic (exact) mass is 489 g/mol. The van der Waals surface area contributed by atoms with E-state index in [-0.39, 0.29) is 24.1 Å². The fourth-order valence-corrected chi connectivity index (χ4v) is 6.09. The number of carbonyl (C=O) groups is 3. The van der Waals surface area contributed by atoms with Crippen molar-refractivity contribution in [3.05, 3.63) is 53.2 Å². The van der Waals surface area contributed by atoms with E-state index < -0.39 is 6.04 Å². The van der Waals surface area contributed by atoms with Gasteiger partial charge in [0.2, 0.25) is 17.7 Å². The molecule has 4 aliphatic heterocycles. The van der Waals surface area contributed by atoms with E-state index in [1.165, 1.54) is 18.4 Å². The van der Waals surface area contributed by atoms with Gasteiger partial charge in [0.15, 0.2) is 0 Å². The first-order chi connectivity index (χ1) is 17.4. The van der Waals surface area contributed by atoms with Gasteiger partial charge >= 0.3 is 0 Å². The summed E-state index contributed by atoms with van der Waals surface area (Å²) in [4.78, 5) is 47.6. The number of hydrogen-bond acceptors (Lipinski definition) is 7. The maximum absolute atomic E-state index is 13.0. The van der Waals surface area contributed by atoms with Gasteiger partial charge in [0.05, 0.1) is 7.11 Å². The highest BCUT2D eigenvalue weighted by molar-refractivity contribution is 6.05. The van der Waals surface area contributed by atoms with Crippen LogP contribution in [0.2, 0.25) is 0 Å². The van der Waals surface area contributed by atoms with Gasteiger partial charge in [-0.2, -0.15) is 0 Å². The van der Waals surface area contributed by atoms with Crippen LogP contribution in [0, 0.1) is 5.41 Å². The summed E-state index contributed by atoms with van der Waals surface area (Å²) in [6, 6.07) is 9.47. The van der Waals surface area contributed by atoms with Gasteiger partial charge in [-0.15, -0.1) is 0 Å². The van der Waals surface area contributed by atoms with Crippen LogP contribution in [0.4, 0.5) is 5.69 Å². The molecular weight excluding hydrogens is 458 g/mol. The molecule has 0 aliphatic carbocycles. The van der Waals surface area contributed by atoms with Crippen molar-refractivity contribution in [1.29, 1.82) is 0 Å². The van der Waals surface area contributed by atoms with Crippen molar-refractivity contribution in [1.82, 2.24) is 20.1 Å². The molecule has 3 saturated heterocycles. The van der Waals surface area contributed by atoms with E-state index in [0.29, 0.717) is 29.8 Å². The minimum Gasteiger partial charge on any atom is -0.481 e. The second-order valence-corrected chi connectivity index (χ2v) is 10.6. The molecule has 9 nitrogen and oxygen atoms in total. The van der Waals surface area contributed by atoms with E-state index in [2.05, 4.69) is 32.2 Å². The van der Waals surface area contributed by atoms with E-state index in [0.717, 1.165) is 44.0 Å². The lowest BCUT2D eigenvalue weighted by atomic mass is 9.71. The molecule has 1 aromatic heterocycles. The van der Waals surface area contributed by atoms with Crippen LogP contribution >= 0.6 is 0 Å². The molecule has 5 heterocycles. The molecule has 1 unspecified atom stereocenters. The third-order valence-electron chi connectivity index (χ3n) is 8.25. The van der Waals surface area contributed by atoms with E-state index in [1.807, 2.05) is 24.4 Å². The summed E-state index contributed by atoms with van der Waals surface area (Å²) in [6.07, 6.45) is 4.91. The predicted molar refractivity (Wildman–Crippen MR) is 132 cm³/mol. The lowest BCUT2D eigenvalue weighted by Gasteiger charge is -2.55. The van der Waals surface area contributed by atoms with Gasteiger partial charge in [-0.1, -0.05) is 6.07 Å². The molecule has 3 fully saturated rings. The molecule has 36 heavy (non-hydrogen) atoms. The van der Waals surface area contributed by atoms with Crippen molar-refractivity contribution in [2.45, 2.75) is 44.8 Å². The Morgan fingerprint density at radius 1 is 1.11 bits per heavy atom. The molecule has 0 saturated carbocycles. The predicted octanol–water partition coefficient (Wildman–Crippen LogP) is 1.95. The second kappa shape index (κ2) is 8.89. The number of pyridine rings is 1. The molecule has 0 bridgehead atoms. The molecule has 6 rings (SSSR count). The molecule has 4 aliphatic rings. The summed E-state index contributed by atoms with van der Waals surface area (Å²) in [5.74, 6) is -0.110. The Bertz CT molecular complexity index is 1200. The first kappa shape index (κ1) is 23.0. The number of piperidine rings is 2. The van der Waals surface area contributed by atoms with Crippen molar-refractivity contribution in [2.24, 2.45) is 5.41 Å². The Morgan fingerprint density at radius 2 is 1.92 bits per heavy atom. The SMILES string of the molecule is COc1ccc(CN2CCC3(CC2)CN(c2ccc4c(c2)CN(C2CCC(=O)NC2=O)C4=O)C3)cn1. The molecule has 1 N–H and O–H groups in total. The number of anilines is 1. The summed E-state index contributed by atoms with van der Waals surface area (Å²) in [5.41, 5.74) is 4.35. The lowest BCUT2D eigenvalue weighted by molar-refractivity contribution is -0.136. The fraction of sp³-hybridized carbons (Fsp3) is 0.481. The van der Waals surface area contributed by atoms with Gasteiger partial charge in [0.1, 0.15) is 6.04 Å². The quantitative estimate of drug-likeness (QED) is 0.642. The fourth-order valence-electron chi connectivity index (χ4n) is 6.09. The third-order valence-corrected chi connectivity index (χ3v) is 8.25. The van der Waals surface area contributed by atoms with E-state index >= 15 is 0 Å². The van der Waals surface area contributed by atoms with Crippen LogP contribution in [-0.4, -0.2) is 71.8 Å². The molecule has 0 radical (unpaired) electrons. The molecule has 1 spiro atoms. The zero-order valence-corrected chi connectivity index (χ0v) is 20.5. The standard InChI is InChI=1S/C27H31N5O4/c1-36-24-7-2-18(13-28-24)14-30-10-8-27(9-11-30)16-31(17-27)20-3-4-21-19(12-20)15-32(26(21)35)22-5-6-23(33)29-25(22)34/h2-4,7,12-13,22H,5-6,8-11,14-17H2,1H3,(H,29,33,34). The summed E-state index contributed by atoms with van der Waals surface area (Å²) in [6.45, 7) is 5.57. The summed E-state index contributed by atoms with van der Waals surface area (Å²) >= 11 is 0. The average Bonchev–Trinajstić information content (AvgIpc) is 3.19. The Labute approximate surface area is 210 Å². The Kier molecular flexibility index (Phi) is 5.67. The average molecular weight is 490 g/mol. The van der Waals surface area contributed by atoms with Gasteiger partial charge in [-0.3, -0.25) is 24.6 Å². The van der Waals surface area contributed by atoms with Crippen LogP contribution in [0.25, 0.3) is 0 Å². The number of rotatable bonds is 5. The number of amides is 3. The van der Waals surface area contributed by atoms with Crippen LogP contribution in [0.3, 0.4) is 0 Å². The maximum atomic E-state index is 13.0. The third kappa shape index (κ3) is 4.11. The molecule has 2 aromatic rings. The zero-order valence-electron chi connectivity index (χ0n) is 20.5. The van der Waals surface area contributed by atoms with Crippen LogP contribution < -0.4 is 15.0 Å². The number of hydrogen-bond donors (Lipinski definition) is 1. The van der Waals surface area contributed by atoms with Crippen molar-refractivity contribution in [3.8, 4) is 5.88 Å². The van der Waals surface area contributed by atoms with Gasteiger partial charge in [-0.25, -0.2) is 4.98 Å². The molecule has 1 atom stereocenters. The van der Waals surface area contributed by atoms with Crippen LogP contribution in [0.5, 0.6) is 5.88 Å². The summed E-state index contributed by atoms with van der Waals surface area (Å²) < 4.78 is 5.15. The number of nitrogens with zero attached hydrogens (tertiary/aromatic N) is 4. The van der Waals surface area contributed by atoms with E-state index in [4.69, 9.17) is 4.74 Å². The highest BCUT2D eigenvalue weighted by Crippen LogP contribution is 2.43. The molecule has 9 heteroatoms. The molecular formula is C27H31N5O4. The first-order valence-corrected chi connectivity index (χ1v) is 12.7. The number of ether oxygens (including phenoxy) is 1.